The molecule has 0 saturated carbocycles. The molecule has 0 radical (unpaired) electrons. The molecular formula is C12H13NO5S4. The average Bonchev–Trinajstić information content (AvgIpc) is 2.77. The van der Waals surface area contributed by atoms with Crippen LogP contribution in [-0.2, 0) is 22.5 Å². The van der Waals surface area contributed by atoms with Crippen LogP contribution in [0.25, 0.3) is 0 Å². The molecule has 1 aliphatic heterocycles. The Hall–Kier alpha value is -0.970. The summed E-state index contributed by atoms with van der Waals surface area (Å²) in [5, 5.41) is -1.56. The Morgan fingerprint density at radius 3 is 2.18 bits per heavy atom. The quantitative estimate of drug-likeness (QED) is 0.575. The molecule has 0 aromatic heterocycles. The lowest BCUT2D eigenvalue weighted by Gasteiger charge is -2.23. The Labute approximate surface area is 138 Å². The first-order valence-corrected chi connectivity index (χ1v) is 11.1. The molecule has 1 amide bonds. The molecule has 1 aliphatic rings. The van der Waals surface area contributed by atoms with Gasteiger partial charge in [0, 0.05) is 0 Å². The predicted molar refractivity (Wildman–Crippen MR) is 88.6 cm³/mol. The van der Waals surface area contributed by atoms with Gasteiger partial charge in [0.05, 0.1) is 10.6 Å². The second kappa shape index (κ2) is 5.91. The van der Waals surface area contributed by atoms with Gasteiger partial charge in [-0.2, -0.15) is 0 Å². The number of thioether (sulfide) groups is 1. The minimum absolute atomic E-state index is 0.0171. The van der Waals surface area contributed by atoms with Crippen LogP contribution in [-0.4, -0.2) is 43.1 Å². The molecule has 1 aromatic carbocycles. The van der Waals surface area contributed by atoms with E-state index in [1.165, 1.54) is 24.3 Å². The molecule has 1 aromatic rings. The van der Waals surface area contributed by atoms with E-state index in [9.17, 15) is 21.6 Å². The standard InChI is InChI=1S/C12H13NO5S4/c1-8-3-5-10(6-4-8)22(17,18)21(15,16)9(2)13-11(14)7-20-12(13)19/h3-6,9H,7H2,1-2H3. The van der Waals surface area contributed by atoms with Crippen LogP contribution in [0.1, 0.15) is 12.5 Å². The molecule has 1 heterocycles. The fourth-order valence-electron chi connectivity index (χ4n) is 1.87. The summed E-state index contributed by atoms with van der Waals surface area (Å²) in [5.74, 6) is -0.492. The highest BCUT2D eigenvalue weighted by atomic mass is 33.2. The van der Waals surface area contributed by atoms with Gasteiger partial charge in [-0.3, -0.25) is 9.69 Å². The molecule has 0 bridgehead atoms. The van der Waals surface area contributed by atoms with Gasteiger partial charge >= 0.3 is 0 Å². The van der Waals surface area contributed by atoms with Crippen molar-refractivity contribution in [1.82, 2.24) is 4.90 Å². The van der Waals surface area contributed by atoms with Crippen LogP contribution >= 0.6 is 24.0 Å². The molecule has 1 saturated heterocycles. The van der Waals surface area contributed by atoms with Crippen molar-refractivity contribution in [2.75, 3.05) is 5.75 Å². The van der Waals surface area contributed by atoms with Gasteiger partial charge in [0.1, 0.15) is 4.32 Å². The topological polar surface area (TPSA) is 88.6 Å². The fourth-order valence-corrected chi connectivity index (χ4v) is 7.30. The van der Waals surface area contributed by atoms with E-state index in [0.717, 1.165) is 29.1 Å². The molecule has 0 spiro atoms. The van der Waals surface area contributed by atoms with Gasteiger partial charge in [-0.1, -0.05) is 41.7 Å². The van der Waals surface area contributed by atoms with Crippen molar-refractivity contribution in [3.05, 3.63) is 29.8 Å². The number of aryl methyl sites for hydroxylation is 1. The summed E-state index contributed by atoms with van der Waals surface area (Å²) >= 11 is 5.94. The number of nitrogens with zero attached hydrogens (tertiary/aromatic N) is 1. The lowest BCUT2D eigenvalue weighted by molar-refractivity contribution is -0.124. The predicted octanol–water partition coefficient (Wildman–Crippen LogP) is 1.30. The highest BCUT2D eigenvalue weighted by Crippen LogP contribution is 2.29. The smallest absolute Gasteiger partial charge is 0.278 e. The van der Waals surface area contributed by atoms with E-state index in [-0.39, 0.29) is 15.0 Å². The summed E-state index contributed by atoms with van der Waals surface area (Å²) in [6, 6.07) is 5.48. The summed E-state index contributed by atoms with van der Waals surface area (Å²) < 4.78 is 49.8. The Morgan fingerprint density at radius 2 is 1.73 bits per heavy atom. The average molecular weight is 380 g/mol. The van der Waals surface area contributed by atoms with E-state index >= 15 is 0 Å². The largest absolute Gasteiger partial charge is 0.284 e. The first-order valence-electron chi connectivity index (χ1n) is 6.13. The van der Waals surface area contributed by atoms with Crippen molar-refractivity contribution in [1.29, 1.82) is 0 Å². The molecule has 0 aliphatic carbocycles. The molecule has 1 fully saturated rings. The van der Waals surface area contributed by atoms with Gasteiger partial charge in [0.15, 0.2) is 5.37 Å². The number of thiocarbonyl (C=S) groups is 1. The monoisotopic (exact) mass is 379 g/mol. The van der Waals surface area contributed by atoms with Crippen molar-refractivity contribution < 1.29 is 21.6 Å². The number of carbonyl (C=O) groups is 1. The van der Waals surface area contributed by atoms with E-state index in [1.54, 1.807) is 6.92 Å². The van der Waals surface area contributed by atoms with Crippen LogP contribution < -0.4 is 0 Å². The van der Waals surface area contributed by atoms with Crippen LogP contribution in [0.15, 0.2) is 29.2 Å². The maximum absolute atomic E-state index is 12.5. The molecule has 10 heteroatoms. The molecule has 22 heavy (non-hydrogen) atoms. The van der Waals surface area contributed by atoms with Crippen LogP contribution in [0.5, 0.6) is 0 Å². The third-order valence-corrected chi connectivity index (χ3v) is 10.3. The van der Waals surface area contributed by atoms with Gasteiger partial charge in [-0.25, -0.2) is 16.8 Å². The van der Waals surface area contributed by atoms with Crippen molar-refractivity contribution in [2.45, 2.75) is 24.1 Å². The third-order valence-electron chi connectivity index (χ3n) is 3.18. The summed E-state index contributed by atoms with van der Waals surface area (Å²) in [5.41, 5.74) is 0.802. The lowest BCUT2D eigenvalue weighted by atomic mass is 10.2. The normalized spacial score (nSPS) is 17.8. The first-order chi connectivity index (χ1) is 10.1. The second-order valence-electron chi connectivity index (χ2n) is 4.68. The van der Waals surface area contributed by atoms with Crippen molar-refractivity contribution in [3.8, 4) is 0 Å². The number of carbonyl (C=O) groups excluding carboxylic acids is 1. The van der Waals surface area contributed by atoms with Gasteiger partial charge in [-0.15, -0.1) is 0 Å². The number of rotatable bonds is 4. The minimum atomic E-state index is -4.68. The summed E-state index contributed by atoms with van der Waals surface area (Å²) in [4.78, 5) is 12.3. The third kappa shape index (κ3) is 2.80. The molecule has 120 valence electrons. The van der Waals surface area contributed by atoms with E-state index in [1.807, 2.05) is 0 Å². The Bertz CT molecular complexity index is 811. The van der Waals surface area contributed by atoms with Crippen LogP contribution in [0.2, 0.25) is 0 Å². The highest BCUT2D eigenvalue weighted by Gasteiger charge is 2.45. The zero-order valence-electron chi connectivity index (χ0n) is 11.7. The Balaban J connectivity index is 2.47. The molecule has 0 N–H and O–H groups in total. The molecule has 1 atom stereocenters. The second-order valence-corrected chi connectivity index (χ2v) is 12.0. The van der Waals surface area contributed by atoms with Gasteiger partial charge in [0.2, 0.25) is 5.91 Å². The maximum atomic E-state index is 12.5. The van der Waals surface area contributed by atoms with Crippen LogP contribution in [0.3, 0.4) is 0 Å². The Morgan fingerprint density at radius 1 is 1.18 bits per heavy atom. The first kappa shape index (κ1) is 17.4. The molecular weight excluding hydrogens is 366 g/mol. The zero-order chi connectivity index (χ0) is 16.7. The van der Waals surface area contributed by atoms with E-state index in [2.05, 4.69) is 0 Å². The van der Waals surface area contributed by atoms with Gasteiger partial charge in [-0.05, 0) is 26.0 Å². The minimum Gasteiger partial charge on any atom is -0.278 e. The fraction of sp³-hybridized carbons (Fsp3) is 0.333. The van der Waals surface area contributed by atoms with E-state index in [4.69, 9.17) is 12.2 Å². The highest BCUT2D eigenvalue weighted by molar-refractivity contribution is 8.67. The molecule has 2 rings (SSSR count). The maximum Gasteiger partial charge on any atom is 0.284 e. The SMILES string of the molecule is Cc1ccc(S(=O)(=O)S(=O)(=O)C(C)N2C(=O)CSC2=S)cc1. The van der Waals surface area contributed by atoms with Crippen molar-refractivity contribution >= 4 is 51.9 Å². The number of hydrogen-bond donors (Lipinski definition) is 0. The summed E-state index contributed by atoms with van der Waals surface area (Å²) in [7, 11) is -9.31. The summed E-state index contributed by atoms with van der Waals surface area (Å²) in [6.45, 7) is 2.91. The van der Waals surface area contributed by atoms with Gasteiger partial charge < -0.3 is 0 Å². The van der Waals surface area contributed by atoms with Crippen LogP contribution in [0, 0.1) is 6.92 Å². The Kier molecular flexibility index (Phi) is 4.67. The van der Waals surface area contributed by atoms with Crippen molar-refractivity contribution in [3.63, 3.8) is 0 Å². The van der Waals surface area contributed by atoms with Gasteiger partial charge in [0.25, 0.3) is 17.7 Å². The van der Waals surface area contributed by atoms with E-state index in [0.29, 0.717) is 0 Å². The number of benzene rings is 1. The molecule has 1 unspecified atom stereocenters. The lowest BCUT2D eigenvalue weighted by Crippen LogP contribution is -2.44. The van der Waals surface area contributed by atoms with E-state index < -0.39 is 29.0 Å². The van der Waals surface area contributed by atoms with Crippen molar-refractivity contribution in [2.24, 2.45) is 0 Å². The molecule has 6 nitrogen and oxygen atoms in total. The number of amides is 1. The summed E-state index contributed by atoms with van der Waals surface area (Å²) in [6.07, 6.45) is 0. The van der Waals surface area contributed by atoms with Crippen LogP contribution in [0.4, 0.5) is 0 Å². The number of hydrogen-bond acceptors (Lipinski definition) is 7. The zero-order valence-corrected chi connectivity index (χ0v) is 15.0.